The minimum Gasteiger partial charge on any atom is -0.393 e. The van der Waals surface area contributed by atoms with E-state index in [1.165, 1.54) is 0 Å². The van der Waals surface area contributed by atoms with Crippen LogP contribution in [-0.4, -0.2) is 29.1 Å². The molecule has 3 N–H and O–H groups in total. The summed E-state index contributed by atoms with van der Waals surface area (Å²) >= 11 is 0. The van der Waals surface area contributed by atoms with Crippen LogP contribution in [-0.2, 0) is 9.59 Å². The van der Waals surface area contributed by atoms with Gasteiger partial charge in [-0.15, -0.1) is 0 Å². The van der Waals surface area contributed by atoms with Crippen LogP contribution in [0.15, 0.2) is 12.1 Å². The molecule has 120 valence electrons. The summed E-state index contributed by atoms with van der Waals surface area (Å²) in [7, 11) is 0. The van der Waals surface area contributed by atoms with Crippen molar-refractivity contribution in [3.05, 3.63) is 29.6 Å². The Labute approximate surface area is 124 Å². The van der Waals surface area contributed by atoms with Crippen LogP contribution in [0.4, 0.5) is 18.9 Å². The maximum Gasteiger partial charge on any atom is 0.313 e. The van der Waals surface area contributed by atoms with Gasteiger partial charge < -0.3 is 15.7 Å². The lowest BCUT2D eigenvalue weighted by atomic mass is 9.93. The highest BCUT2D eigenvalue weighted by Gasteiger charge is 2.24. The Morgan fingerprint density at radius 3 is 2.09 bits per heavy atom. The molecule has 1 saturated carbocycles. The standard InChI is InChI=1S/C14H15F3N2O3/c15-10-5-8(6-11(16)12(10)17)19-14(22)13(21)18-7-1-3-9(20)4-2-7/h5-7,9,20H,1-4H2,(H,18,21)(H,19,22). The lowest BCUT2D eigenvalue weighted by Crippen LogP contribution is -2.43. The van der Waals surface area contributed by atoms with Crippen LogP contribution in [0.1, 0.15) is 25.7 Å². The number of aliphatic hydroxyl groups excluding tert-OH is 1. The molecular weight excluding hydrogens is 301 g/mol. The average molecular weight is 316 g/mol. The zero-order valence-electron chi connectivity index (χ0n) is 11.5. The Balaban J connectivity index is 1.93. The Morgan fingerprint density at radius 2 is 1.55 bits per heavy atom. The summed E-state index contributed by atoms with van der Waals surface area (Å²) in [5.41, 5.74) is -0.351. The van der Waals surface area contributed by atoms with Crippen LogP contribution in [0.2, 0.25) is 0 Å². The highest BCUT2D eigenvalue weighted by molar-refractivity contribution is 6.39. The van der Waals surface area contributed by atoms with Gasteiger partial charge in [-0.2, -0.15) is 0 Å². The van der Waals surface area contributed by atoms with Gasteiger partial charge in [-0.25, -0.2) is 13.2 Å². The van der Waals surface area contributed by atoms with Crippen LogP contribution in [0.5, 0.6) is 0 Å². The molecule has 8 heteroatoms. The van der Waals surface area contributed by atoms with Crippen LogP contribution in [0, 0.1) is 17.5 Å². The van der Waals surface area contributed by atoms with E-state index in [1.807, 2.05) is 5.32 Å². The molecule has 22 heavy (non-hydrogen) atoms. The molecule has 2 rings (SSSR count). The van der Waals surface area contributed by atoms with Crippen LogP contribution >= 0.6 is 0 Å². The van der Waals surface area contributed by atoms with Gasteiger partial charge in [0.15, 0.2) is 17.5 Å². The van der Waals surface area contributed by atoms with E-state index < -0.39 is 35.4 Å². The Morgan fingerprint density at radius 1 is 1.00 bits per heavy atom. The van der Waals surface area contributed by atoms with E-state index in [4.69, 9.17) is 0 Å². The SMILES string of the molecule is O=C(Nc1cc(F)c(F)c(F)c1)C(=O)NC1CCC(O)CC1. The van der Waals surface area contributed by atoms with Crippen molar-refractivity contribution in [3.63, 3.8) is 0 Å². The molecule has 0 bridgehead atoms. The topological polar surface area (TPSA) is 78.4 Å². The van der Waals surface area contributed by atoms with Crippen molar-refractivity contribution in [2.24, 2.45) is 0 Å². The van der Waals surface area contributed by atoms with E-state index in [2.05, 4.69) is 5.32 Å². The second-order valence-corrected chi connectivity index (χ2v) is 5.19. The lowest BCUT2D eigenvalue weighted by molar-refractivity contribution is -0.136. The first-order valence-corrected chi connectivity index (χ1v) is 6.81. The van der Waals surface area contributed by atoms with Gasteiger partial charge in [0.1, 0.15) is 0 Å². The second-order valence-electron chi connectivity index (χ2n) is 5.19. The molecule has 5 nitrogen and oxygen atoms in total. The second kappa shape index (κ2) is 6.78. The number of aliphatic hydroxyl groups is 1. The van der Waals surface area contributed by atoms with Crippen LogP contribution < -0.4 is 10.6 Å². The molecule has 0 aromatic heterocycles. The molecule has 0 atom stereocenters. The van der Waals surface area contributed by atoms with E-state index in [1.54, 1.807) is 0 Å². The first-order valence-electron chi connectivity index (χ1n) is 6.81. The molecule has 1 aromatic carbocycles. The molecule has 0 unspecified atom stereocenters. The van der Waals surface area contributed by atoms with Crippen LogP contribution in [0.3, 0.4) is 0 Å². The predicted octanol–water partition coefficient (Wildman–Crippen LogP) is 1.46. The highest BCUT2D eigenvalue weighted by Crippen LogP contribution is 2.19. The molecule has 0 spiro atoms. The fourth-order valence-electron chi connectivity index (χ4n) is 2.29. The quantitative estimate of drug-likeness (QED) is 0.571. The fraction of sp³-hybridized carbons (Fsp3) is 0.429. The van der Waals surface area contributed by atoms with Gasteiger partial charge in [0.25, 0.3) is 0 Å². The Hall–Kier alpha value is -2.09. The maximum atomic E-state index is 13.0. The molecule has 2 amide bonds. The summed E-state index contributed by atoms with van der Waals surface area (Å²) in [5.74, 6) is -6.62. The molecule has 1 aliphatic rings. The average Bonchev–Trinajstić information content (AvgIpc) is 2.47. The molecule has 0 saturated heterocycles. The first kappa shape index (κ1) is 16.3. The van der Waals surface area contributed by atoms with E-state index >= 15 is 0 Å². The number of carbonyl (C=O) groups is 2. The smallest absolute Gasteiger partial charge is 0.313 e. The predicted molar refractivity (Wildman–Crippen MR) is 71.4 cm³/mol. The number of benzene rings is 1. The third-order valence-corrected chi connectivity index (χ3v) is 3.48. The van der Waals surface area contributed by atoms with Gasteiger partial charge >= 0.3 is 11.8 Å². The summed E-state index contributed by atoms with van der Waals surface area (Å²) in [6, 6.07) is 0.935. The van der Waals surface area contributed by atoms with Gasteiger partial charge in [0.2, 0.25) is 0 Å². The Kier molecular flexibility index (Phi) is 5.02. The number of rotatable bonds is 2. The van der Waals surface area contributed by atoms with E-state index in [9.17, 15) is 27.9 Å². The summed E-state index contributed by atoms with van der Waals surface area (Å²) in [5, 5.41) is 13.8. The monoisotopic (exact) mass is 316 g/mol. The van der Waals surface area contributed by atoms with Gasteiger partial charge in [-0.1, -0.05) is 0 Å². The van der Waals surface area contributed by atoms with Crippen LogP contribution in [0.25, 0.3) is 0 Å². The van der Waals surface area contributed by atoms with Crippen molar-refractivity contribution < 1.29 is 27.9 Å². The normalized spacial score (nSPS) is 21.3. The zero-order chi connectivity index (χ0) is 16.3. The molecule has 0 heterocycles. The van der Waals surface area contributed by atoms with Crippen molar-refractivity contribution in [3.8, 4) is 0 Å². The highest BCUT2D eigenvalue weighted by atomic mass is 19.2. The molecule has 0 aliphatic heterocycles. The van der Waals surface area contributed by atoms with Gasteiger partial charge in [0, 0.05) is 23.9 Å². The molecule has 1 fully saturated rings. The minimum absolute atomic E-state index is 0.233. The number of hydrogen-bond donors (Lipinski definition) is 3. The zero-order valence-corrected chi connectivity index (χ0v) is 11.5. The van der Waals surface area contributed by atoms with E-state index in [0.29, 0.717) is 37.8 Å². The van der Waals surface area contributed by atoms with Gasteiger partial charge in [-0.05, 0) is 25.7 Å². The number of nitrogens with one attached hydrogen (secondary N) is 2. The molecule has 1 aliphatic carbocycles. The van der Waals surface area contributed by atoms with Crippen molar-refractivity contribution >= 4 is 17.5 Å². The number of carbonyl (C=O) groups excluding carboxylic acids is 2. The van der Waals surface area contributed by atoms with Gasteiger partial charge in [-0.3, -0.25) is 9.59 Å². The van der Waals surface area contributed by atoms with Gasteiger partial charge in [0.05, 0.1) is 6.10 Å². The fourth-order valence-corrected chi connectivity index (χ4v) is 2.29. The van der Waals surface area contributed by atoms with Crippen molar-refractivity contribution in [1.29, 1.82) is 0 Å². The van der Waals surface area contributed by atoms with Crippen molar-refractivity contribution in [2.75, 3.05) is 5.32 Å². The summed E-state index contributed by atoms with van der Waals surface area (Å²) in [4.78, 5) is 23.3. The third kappa shape index (κ3) is 3.97. The van der Waals surface area contributed by atoms with E-state index in [-0.39, 0.29) is 11.7 Å². The minimum atomic E-state index is -1.65. The molecule has 1 aromatic rings. The summed E-state index contributed by atoms with van der Waals surface area (Å²) in [6.07, 6.45) is 1.74. The first-order chi connectivity index (χ1) is 10.4. The van der Waals surface area contributed by atoms with E-state index in [0.717, 1.165) is 0 Å². The lowest BCUT2D eigenvalue weighted by Gasteiger charge is -2.25. The summed E-state index contributed by atoms with van der Waals surface area (Å²) in [6.45, 7) is 0. The Bertz CT molecular complexity index is 564. The van der Waals surface area contributed by atoms with Crippen molar-refractivity contribution in [2.45, 2.75) is 37.8 Å². The number of amides is 2. The number of halogens is 3. The maximum absolute atomic E-state index is 13.0. The third-order valence-electron chi connectivity index (χ3n) is 3.48. The molecule has 0 radical (unpaired) electrons. The number of hydrogen-bond acceptors (Lipinski definition) is 3. The largest absolute Gasteiger partial charge is 0.393 e. The molecular formula is C14H15F3N2O3. The summed E-state index contributed by atoms with van der Waals surface area (Å²) < 4.78 is 38.8. The number of anilines is 1. The van der Waals surface area contributed by atoms with Crippen molar-refractivity contribution in [1.82, 2.24) is 5.32 Å².